The van der Waals surface area contributed by atoms with E-state index in [1.54, 1.807) is 26.0 Å². The van der Waals surface area contributed by atoms with Gasteiger partial charge in [-0.3, -0.25) is 19.2 Å². The van der Waals surface area contributed by atoms with Gasteiger partial charge in [0.2, 0.25) is 17.7 Å². The van der Waals surface area contributed by atoms with Crippen LogP contribution in [0.2, 0.25) is 0 Å². The number of rotatable bonds is 12. The van der Waals surface area contributed by atoms with Gasteiger partial charge in [-0.15, -0.1) is 0 Å². The van der Waals surface area contributed by atoms with Gasteiger partial charge >= 0.3 is 5.97 Å². The molecular formula is C23H36N4O6. The molecule has 4 atom stereocenters. The molecule has 1 aromatic carbocycles. The molecule has 3 amide bonds. The number of benzene rings is 1. The average molecular weight is 465 g/mol. The van der Waals surface area contributed by atoms with Crippen LogP contribution >= 0.6 is 0 Å². The first-order chi connectivity index (χ1) is 15.3. The molecule has 1 aromatic rings. The molecule has 0 fully saturated rings. The van der Waals surface area contributed by atoms with Crippen LogP contribution in [0.3, 0.4) is 0 Å². The second-order valence-electron chi connectivity index (χ2n) is 8.96. The summed E-state index contributed by atoms with van der Waals surface area (Å²) in [4.78, 5) is 49.4. The fourth-order valence-electron chi connectivity index (χ4n) is 3.00. The third-order valence-electron chi connectivity index (χ3n) is 5.10. The van der Waals surface area contributed by atoms with Crippen molar-refractivity contribution in [3.63, 3.8) is 0 Å². The van der Waals surface area contributed by atoms with Gasteiger partial charge in [-0.2, -0.15) is 0 Å². The maximum absolute atomic E-state index is 13.1. The van der Waals surface area contributed by atoms with E-state index in [0.29, 0.717) is 5.56 Å². The molecule has 4 unspecified atom stereocenters. The summed E-state index contributed by atoms with van der Waals surface area (Å²) in [5.74, 6) is -2.99. The lowest BCUT2D eigenvalue weighted by molar-refractivity contribution is -0.142. The van der Waals surface area contributed by atoms with Crippen LogP contribution in [0, 0.1) is 11.8 Å². The third kappa shape index (κ3) is 9.48. The zero-order valence-corrected chi connectivity index (χ0v) is 19.8. The average Bonchev–Trinajstić information content (AvgIpc) is 2.72. The highest BCUT2D eigenvalue weighted by molar-refractivity contribution is 5.94. The van der Waals surface area contributed by atoms with Crippen LogP contribution in [-0.2, 0) is 25.6 Å². The normalized spacial score (nSPS) is 14.8. The highest BCUT2D eigenvalue weighted by Gasteiger charge is 2.30. The van der Waals surface area contributed by atoms with Gasteiger partial charge in [-0.1, -0.05) is 39.8 Å². The van der Waals surface area contributed by atoms with Crippen molar-refractivity contribution in [2.75, 3.05) is 0 Å². The van der Waals surface area contributed by atoms with Crippen molar-refractivity contribution >= 4 is 23.7 Å². The number of hydrogen-bond acceptors (Lipinski definition) is 6. The van der Waals surface area contributed by atoms with Gasteiger partial charge in [-0.05, 0) is 42.9 Å². The number of aliphatic carboxylic acids is 1. The fraction of sp³-hybridized carbons (Fsp3) is 0.565. The van der Waals surface area contributed by atoms with Gasteiger partial charge < -0.3 is 31.9 Å². The highest BCUT2D eigenvalue weighted by Crippen LogP contribution is 2.13. The molecular weight excluding hydrogens is 428 g/mol. The molecule has 1 rings (SSSR count). The van der Waals surface area contributed by atoms with Crippen LogP contribution in [0.1, 0.15) is 46.6 Å². The monoisotopic (exact) mass is 464 g/mol. The molecule has 7 N–H and O–H groups in total. The lowest BCUT2D eigenvalue weighted by Crippen LogP contribution is -2.58. The molecule has 0 saturated carbocycles. The van der Waals surface area contributed by atoms with E-state index in [-0.39, 0.29) is 30.4 Å². The van der Waals surface area contributed by atoms with Gasteiger partial charge in [0.05, 0.1) is 6.04 Å². The Kier molecular flexibility index (Phi) is 10.8. The van der Waals surface area contributed by atoms with Gasteiger partial charge in [0.15, 0.2) is 0 Å². The quantitative estimate of drug-likeness (QED) is 0.262. The van der Waals surface area contributed by atoms with E-state index >= 15 is 0 Å². The number of amides is 3. The third-order valence-corrected chi connectivity index (χ3v) is 5.10. The molecule has 10 nitrogen and oxygen atoms in total. The number of carboxylic acid groups (broad SMARTS) is 1. The SMILES string of the molecule is CC(C)CC(NC(=O)C(Cc1ccc(O)cc1)NC(=O)C(N)C(C)C)C(=O)NC(C)C(=O)O. The number of aromatic hydroxyl groups is 1. The minimum Gasteiger partial charge on any atom is -0.508 e. The summed E-state index contributed by atoms with van der Waals surface area (Å²) in [7, 11) is 0. The van der Waals surface area contributed by atoms with Crippen LogP contribution in [0.15, 0.2) is 24.3 Å². The van der Waals surface area contributed by atoms with Crippen LogP contribution in [-0.4, -0.2) is 58.1 Å². The van der Waals surface area contributed by atoms with Crippen molar-refractivity contribution in [3.05, 3.63) is 29.8 Å². The Morgan fingerprint density at radius 2 is 1.36 bits per heavy atom. The smallest absolute Gasteiger partial charge is 0.325 e. The van der Waals surface area contributed by atoms with Crippen molar-refractivity contribution in [1.29, 1.82) is 0 Å². The first-order valence-electron chi connectivity index (χ1n) is 11.0. The standard InChI is InChI=1S/C23H36N4O6/c1-12(2)10-17(20(29)25-14(5)23(32)33)26-21(30)18(27-22(31)19(24)13(3)4)11-15-6-8-16(28)9-7-15/h6-9,12-14,17-19,28H,10-11,24H2,1-5H3,(H,25,29)(H,26,30)(H,27,31)(H,32,33). The molecule has 0 aliphatic heterocycles. The highest BCUT2D eigenvalue weighted by atomic mass is 16.4. The van der Waals surface area contributed by atoms with Crippen molar-refractivity contribution in [1.82, 2.24) is 16.0 Å². The number of phenols is 1. The van der Waals surface area contributed by atoms with Gasteiger partial charge in [0, 0.05) is 6.42 Å². The number of nitrogens with two attached hydrogens (primary N) is 1. The molecule has 0 radical (unpaired) electrons. The molecule has 33 heavy (non-hydrogen) atoms. The summed E-state index contributed by atoms with van der Waals surface area (Å²) in [6.07, 6.45) is 0.375. The molecule has 10 heteroatoms. The van der Waals surface area contributed by atoms with Crippen LogP contribution in [0.4, 0.5) is 0 Å². The molecule has 0 aliphatic rings. The first-order valence-corrected chi connectivity index (χ1v) is 11.0. The Bertz CT molecular complexity index is 825. The van der Waals surface area contributed by atoms with Crippen LogP contribution in [0.25, 0.3) is 0 Å². The van der Waals surface area contributed by atoms with E-state index in [1.807, 2.05) is 13.8 Å². The molecule has 0 spiro atoms. The molecule has 0 aromatic heterocycles. The Morgan fingerprint density at radius 1 is 0.848 bits per heavy atom. The Morgan fingerprint density at radius 3 is 1.85 bits per heavy atom. The zero-order valence-electron chi connectivity index (χ0n) is 19.8. The van der Waals surface area contributed by atoms with E-state index < -0.39 is 47.9 Å². The predicted molar refractivity (Wildman–Crippen MR) is 123 cm³/mol. The van der Waals surface area contributed by atoms with Crippen LogP contribution in [0.5, 0.6) is 5.75 Å². The molecule has 0 bridgehead atoms. The minimum absolute atomic E-state index is 0.0284. The summed E-state index contributed by atoms with van der Waals surface area (Å²) >= 11 is 0. The maximum Gasteiger partial charge on any atom is 0.325 e. The van der Waals surface area contributed by atoms with Crippen molar-refractivity contribution < 1.29 is 29.4 Å². The summed E-state index contributed by atoms with van der Waals surface area (Å²) in [6.45, 7) is 8.63. The van der Waals surface area contributed by atoms with Gasteiger partial charge in [0.25, 0.3) is 0 Å². The number of nitrogens with one attached hydrogen (secondary N) is 3. The Balaban J connectivity index is 3.09. The van der Waals surface area contributed by atoms with E-state index in [0.717, 1.165) is 0 Å². The van der Waals surface area contributed by atoms with Crippen molar-refractivity contribution in [2.45, 2.75) is 71.6 Å². The summed E-state index contributed by atoms with van der Waals surface area (Å²) in [5, 5.41) is 26.2. The van der Waals surface area contributed by atoms with Crippen LogP contribution < -0.4 is 21.7 Å². The number of carboxylic acids is 1. The Hall–Kier alpha value is -3.14. The number of carbonyl (C=O) groups is 4. The minimum atomic E-state index is -1.20. The molecule has 0 aliphatic carbocycles. The van der Waals surface area contributed by atoms with E-state index in [9.17, 15) is 24.3 Å². The molecule has 0 heterocycles. The van der Waals surface area contributed by atoms with E-state index in [1.165, 1.54) is 19.1 Å². The topological polar surface area (TPSA) is 171 Å². The lowest BCUT2D eigenvalue weighted by atomic mass is 9.99. The van der Waals surface area contributed by atoms with Gasteiger partial charge in [-0.25, -0.2) is 0 Å². The first kappa shape index (κ1) is 27.9. The maximum atomic E-state index is 13.1. The summed E-state index contributed by atoms with van der Waals surface area (Å²) in [6, 6.07) is 2.20. The summed E-state index contributed by atoms with van der Waals surface area (Å²) in [5.41, 5.74) is 6.60. The Labute approximate surface area is 194 Å². The lowest BCUT2D eigenvalue weighted by Gasteiger charge is -2.26. The van der Waals surface area contributed by atoms with Gasteiger partial charge in [0.1, 0.15) is 23.9 Å². The van der Waals surface area contributed by atoms with E-state index in [4.69, 9.17) is 10.8 Å². The van der Waals surface area contributed by atoms with Crippen molar-refractivity contribution in [3.8, 4) is 5.75 Å². The predicted octanol–water partition coefficient (Wildman–Crippen LogP) is 0.523. The number of carbonyl (C=O) groups excluding carboxylic acids is 3. The molecule has 0 saturated heterocycles. The number of phenolic OH excluding ortho intramolecular Hbond substituents is 1. The van der Waals surface area contributed by atoms with Crippen molar-refractivity contribution in [2.24, 2.45) is 17.6 Å². The zero-order chi connectivity index (χ0) is 25.3. The number of hydrogen-bond donors (Lipinski definition) is 6. The van der Waals surface area contributed by atoms with E-state index in [2.05, 4.69) is 16.0 Å². The fourth-order valence-corrected chi connectivity index (χ4v) is 3.00. The summed E-state index contributed by atoms with van der Waals surface area (Å²) < 4.78 is 0. The molecule has 184 valence electrons. The second-order valence-corrected chi connectivity index (χ2v) is 8.96. The largest absolute Gasteiger partial charge is 0.508 e. The second kappa shape index (κ2) is 12.8.